The summed E-state index contributed by atoms with van der Waals surface area (Å²) in [6.45, 7) is 0. The topological polar surface area (TPSA) is 64.8 Å². The molecular formula is C24H19ClF3N3O2S. The Hall–Kier alpha value is -3.17. The van der Waals surface area contributed by atoms with Crippen LogP contribution in [0.1, 0.15) is 17.0 Å². The summed E-state index contributed by atoms with van der Waals surface area (Å²) in [7, 11) is -3.73. The van der Waals surface area contributed by atoms with Gasteiger partial charge in [0.15, 0.2) is 21.5 Å². The summed E-state index contributed by atoms with van der Waals surface area (Å²) < 4.78 is 68.4. The fourth-order valence-electron chi connectivity index (χ4n) is 3.54. The molecule has 0 saturated carbocycles. The third-order valence-electron chi connectivity index (χ3n) is 5.18. The van der Waals surface area contributed by atoms with E-state index in [9.17, 15) is 21.6 Å². The fraction of sp³-hybridized carbons (Fsp3) is 0.167. The molecule has 0 spiro atoms. The second-order valence-corrected chi connectivity index (χ2v) is 10.2. The van der Waals surface area contributed by atoms with Gasteiger partial charge in [0.2, 0.25) is 0 Å². The van der Waals surface area contributed by atoms with E-state index in [2.05, 4.69) is 10.2 Å². The molecular weight excluding hydrogens is 487 g/mol. The lowest BCUT2D eigenvalue weighted by atomic mass is 10.1. The van der Waals surface area contributed by atoms with Gasteiger partial charge in [0.1, 0.15) is 5.75 Å². The van der Waals surface area contributed by atoms with Gasteiger partial charge in [0, 0.05) is 10.6 Å². The molecule has 0 unspecified atom stereocenters. The minimum Gasteiger partial charge on any atom is -0.278 e. The second kappa shape index (κ2) is 9.60. The predicted octanol–water partition coefficient (Wildman–Crippen LogP) is 5.76. The first-order chi connectivity index (χ1) is 16.1. The van der Waals surface area contributed by atoms with Crippen molar-refractivity contribution < 1.29 is 21.6 Å². The number of aryl methyl sites for hydroxylation is 1. The molecule has 34 heavy (non-hydrogen) atoms. The second-order valence-electron chi connectivity index (χ2n) is 7.62. The van der Waals surface area contributed by atoms with Crippen LogP contribution in [0.15, 0.2) is 78.9 Å². The highest BCUT2D eigenvalue weighted by molar-refractivity contribution is 7.90. The molecule has 1 heterocycles. The highest BCUT2D eigenvalue weighted by Crippen LogP contribution is 2.36. The van der Waals surface area contributed by atoms with Gasteiger partial charge >= 0.3 is 6.18 Å². The maximum absolute atomic E-state index is 13.8. The van der Waals surface area contributed by atoms with Crippen molar-refractivity contribution in [1.29, 1.82) is 0 Å². The Morgan fingerprint density at radius 1 is 0.853 bits per heavy atom. The van der Waals surface area contributed by atoms with E-state index >= 15 is 0 Å². The molecule has 0 atom stereocenters. The van der Waals surface area contributed by atoms with Crippen LogP contribution < -0.4 is 0 Å². The molecule has 0 radical (unpaired) electrons. The average Bonchev–Trinajstić information content (AvgIpc) is 3.21. The molecule has 0 N–H and O–H groups in total. The summed E-state index contributed by atoms with van der Waals surface area (Å²) in [5.41, 5.74) is 0.146. The van der Waals surface area contributed by atoms with Crippen molar-refractivity contribution in [3.8, 4) is 17.1 Å². The molecule has 4 aromatic rings. The van der Waals surface area contributed by atoms with E-state index in [1.807, 2.05) is 0 Å². The molecule has 10 heteroatoms. The van der Waals surface area contributed by atoms with Gasteiger partial charge in [0.05, 0.1) is 17.0 Å². The first-order valence-electron chi connectivity index (χ1n) is 10.3. The average molecular weight is 506 g/mol. The summed E-state index contributed by atoms with van der Waals surface area (Å²) in [4.78, 5) is 0. The summed E-state index contributed by atoms with van der Waals surface area (Å²) in [6, 6.07) is 20.3. The number of para-hydroxylation sites is 1. The zero-order chi connectivity index (χ0) is 24.3. The molecule has 0 aliphatic heterocycles. The molecule has 0 saturated heterocycles. The fourth-order valence-corrected chi connectivity index (χ4v) is 4.94. The number of hydrogen-bond donors (Lipinski definition) is 0. The van der Waals surface area contributed by atoms with Crippen LogP contribution in [-0.2, 0) is 28.2 Å². The summed E-state index contributed by atoms with van der Waals surface area (Å²) in [5, 5.41) is 8.60. The van der Waals surface area contributed by atoms with E-state index in [1.54, 1.807) is 54.6 Å². The van der Waals surface area contributed by atoms with Gasteiger partial charge in [-0.2, -0.15) is 13.2 Å². The summed E-state index contributed by atoms with van der Waals surface area (Å²) in [6.07, 6.45) is -4.42. The maximum Gasteiger partial charge on any atom is 0.418 e. The van der Waals surface area contributed by atoms with Crippen LogP contribution >= 0.6 is 11.6 Å². The van der Waals surface area contributed by atoms with Crippen LogP contribution in [0.25, 0.3) is 17.1 Å². The number of aromatic nitrogens is 3. The Labute approximate surface area is 199 Å². The molecule has 0 fully saturated rings. The first-order valence-corrected chi connectivity index (χ1v) is 12.5. The Morgan fingerprint density at radius 3 is 2.18 bits per heavy atom. The molecule has 176 valence electrons. The number of sulfone groups is 1. The van der Waals surface area contributed by atoms with E-state index in [1.165, 1.54) is 22.8 Å². The third-order valence-corrected chi connectivity index (χ3v) is 6.95. The van der Waals surface area contributed by atoms with Crippen LogP contribution in [0.4, 0.5) is 13.2 Å². The minimum atomic E-state index is -4.65. The van der Waals surface area contributed by atoms with E-state index < -0.39 is 27.3 Å². The standard InChI is InChI=1S/C24H19ClF3N3O2S/c25-19-12-10-17(11-13-19)14-15-34(32,33)16-22-29-30-23(18-6-2-1-3-7-18)31(22)21-9-5-4-8-20(21)24(26,27)28/h1-13H,14-16H2. The van der Waals surface area contributed by atoms with Crippen molar-refractivity contribution >= 4 is 21.4 Å². The van der Waals surface area contributed by atoms with E-state index in [-0.39, 0.29) is 29.5 Å². The third kappa shape index (κ3) is 5.48. The number of rotatable bonds is 7. The van der Waals surface area contributed by atoms with Crippen LogP contribution in [0.2, 0.25) is 5.02 Å². The number of halogens is 4. The van der Waals surface area contributed by atoms with Gasteiger partial charge in [-0.1, -0.05) is 66.2 Å². The predicted molar refractivity (Wildman–Crippen MR) is 124 cm³/mol. The van der Waals surface area contributed by atoms with Gasteiger partial charge in [-0.15, -0.1) is 10.2 Å². The zero-order valence-electron chi connectivity index (χ0n) is 17.7. The van der Waals surface area contributed by atoms with Crippen LogP contribution in [-0.4, -0.2) is 28.9 Å². The minimum absolute atomic E-state index is 0.0911. The van der Waals surface area contributed by atoms with Crippen molar-refractivity contribution in [3.05, 3.63) is 101 Å². The molecule has 5 nitrogen and oxygen atoms in total. The van der Waals surface area contributed by atoms with E-state index in [4.69, 9.17) is 11.6 Å². The van der Waals surface area contributed by atoms with E-state index in [0.717, 1.165) is 11.6 Å². The van der Waals surface area contributed by atoms with Crippen LogP contribution in [0.5, 0.6) is 0 Å². The molecule has 1 aromatic heterocycles. The Kier molecular flexibility index (Phi) is 6.77. The largest absolute Gasteiger partial charge is 0.418 e. The lowest BCUT2D eigenvalue weighted by Gasteiger charge is -2.17. The van der Waals surface area contributed by atoms with Crippen LogP contribution in [0, 0.1) is 0 Å². The van der Waals surface area contributed by atoms with Crippen molar-refractivity contribution in [1.82, 2.24) is 14.8 Å². The Balaban J connectivity index is 1.74. The number of nitrogens with zero attached hydrogens (tertiary/aromatic N) is 3. The van der Waals surface area contributed by atoms with Gasteiger partial charge < -0.3 is 0 Å². The number of alkyl halides is 3. The monoisotopic (exact) mass is 505 g/mol. The van der Waals surface area contributed by atoms with Crippen molar-refractivity contribution in [2.45, 2.75) is 18.3 Å². The molecule has 3 aromatic carbocycles. The maximum atomic E-state index is 13.8. The quantitative estimate of drug-likeness (QED) is 0.320. The lowest BCUT2D eigenvalue weighted by molar-refractivity contribution is -0.137. The van der Waals surface area contributed by atoms with Crippen molar-refractivity contribution in [3.63, 3.8) is 0 Å². The first kappa shape index (κ1) is 24.0. The van der Waals surface area contributed by atoms with Crippen LogP contribution in [0.3, 0.4) is 0 Å². The Bertz CT molecular complexity index is 1390. The summed E-state index contributed by atoms with van der Waals surface area (Å²) in [5.74, 6) is -0.734. The molecule has 0 aliphatic rings. The molecule has 0 bridgehead atoms. The van der Waals surface area contributed by atoms with Gasteiger partial charge in [-0.25, -0.2) is 8.42 Å². The van der Waals surface area contributed by atoms with Gasteiger partial charge in [-0.3, -0.25) is 4.57 Å². The SMILES string of the molecule is O=S(=O)(CCc1ccc(Cl)cc1)Cc1nnc(-c2ccccc2)n1-c1ccccc1C(F)(F)F. The normalized spacial score (nSPS) is 12.1. The van der Waals surface area contributed by atoms with E-state index in [0.29, 0.717) is 10.6 Å². The van der Waals surface area contributed by atoms with Gasteiger partial charge in [-0.05, 0) is 36.2 Å². The molecule has 0 amide bonds. The van der Waals surface area contributed by atoms with Crippen molar-refractivity contribution in [2.24, 2.45) is 0 Å². The zero-order valence-corrected chi connectivity index (χ0v) is 19.3. The summed E-state index contributed by atoms with van der Waals surface area (Å²) >= 11 is 5.87. The highest BCUT2D eigenvalue weighted by atomic mass is 35.5. The lowest BCUT2D eigenvalue weighted by Crippen LogP contribution is -2.17. The number of hydrogen-bond acceptors (Lipinski definition) is 4. The number of benzene rings is 3. The highest BCUT2D eigenvalue weighted by Gasteiger charge is 2.35. The smallest absolute Gasteiger partial charge is 0.278 e. The molecule has 0 aliphatic carbocycles. The molecule has 4 rings (SSSR count). The van der Waals surface area contributed by atoms with Crippen molar-refractivity contribution in [2.75, 3.05) is 5.75 Å². The Morgan fingerprint density at radius 2 is 1.50 bits per heavy atom. The van der Waals surface area contributed by atoms with Gasteiger partial charge in [0.25, 0.3) is 0 Å².